The lowest BCUT2D eigenvalue weighted by Crippen LogP contribution is -2.14. The van der Waals surface area contributed by atoms with E-state index in [1.54, 1.807) is 18.3 Å². The van der Waals surface area contributed by atoms with Crippen LogP contribution in [0.25, 0.3) is 21.8 Å². The number of pyridine rings is 2. The molecule has 8 nitrogen and oxygen atoms in total. The van der Waals surface area contributed by atoms with E-state index in [0.717, 1.165) is 22.1 Å². The van der Waals surface area contributed by atoms with Gasteiger partial charge in [-0.15, -0.1) is 0 Å². The number of nitrogens with zero attached hydrogens (tertiary/aromatic N) is 2. The Labute approximate surface area is 176 Å². The van der Waals surface area contributed by atoms with Gasteiger partial charge in [-0.3, -0.25) is 14.7 Å². The van der Waals surface area contributed by atoms with E-state index in [-0.39, 0.29) is 17.9 Å². The van der Waals surface area contributed by atoms with Crippen molar-refractivity contribution in [2.45, 2.75) is 6.42 Å². The minimum atomic E-state index is -0.181. The van der Waals surface area contributed by atoms with E-state index < -0.39 is 0 Å². The van der Waals surface area contributed by atoms with E-state index in [4.69, 9.17) is 0 Å². The average Bonchev–Trinajstić information content (AvgIpc) is 3.21. The monoisotopic (exact) mass is 410 g/mol. The molecule has 4 N–H and O–H groups in total. The maximum Gasteiger partial charge on any atom is 0.257 e. The smallest absolute Gasteiger partial charge is 0.257 e. The highest BCUT2D eigenvalue weighted by molar-refractivity contribution is 6.10. The van der Waals surface area contributed by atoms with Gasteiger partial charge in [0.2, 0.25) is 5.91 Å². The Morgan fingerprint density at radius 3 is 2.58 bits per heavy atom. The summed E-state index contributed by atoms with van der Waals surface area (Å²) in [5, 5.41) is 15.5. The first-order chi connectivity index (χ1) is 15.2. The van der Waals surface area contributed by atoms with E-state index in [1.807, 2.05) is 54.6 Å². The highest BCUT2D eigenvalue weighted by Crippen LogP contribution is 2.29. The zero-order valence-electron chi connectivity index (χ0n) is 16.3. The molecule has 0 radical (unpaired) electrons. The number of aromatic amines is 2. The quantitative estimate of drug-likeness (QED) is 0.330. The van der Waals surface area contributed by atoms with Crippen molar-refractivity contribution in [3.8, 4) is 0 Å². The van der Waals surface area contributed by atoms with Crippen molar-refractivity contribution in [1.82, 2.24) is 20.2 Å². The van der Waals surface area contributed by atoms with Gasteiger partial charge < -0.3 is 15.6 Å². The molecule has 0 fully saturated rings. The molecule has 0 aliphatic carbocycles. The van der Waals surface area contributed by atoms with E-state index in [0.29, 0.717) is 22.5 Å². The second-order valence-corrected chi connectivity index (χ2v) is 7.08. The first-order valence-electron chi connectivity index (χ1n) is 9.73. The second-order valence-electron chi connectivity index (χ2n) is 7.08. The fourth-order valence-electron chi connectivity index (χ4n) is 3.56. The van der Waals surface area contributed by atoms with Crippen LogP contribution in [0.15, 0.2) is 77.7 Å². The summed E-state index contributed by atoms with van der Waals surface area (Å²) in [6, 6.07) is 20.3. The van der Waals surface area contributed by atoms with Crippen LogP contribution in [0.2, 0.25) is 0 Å². The summed E-state index contributed by atoms with van der Waals surface area (Å²) < 4.78 is 0. The van der Waals surface area contributed by atoms with Gasteiger partial charge in [0.05, 0.1) is 12.1 Å². The summed E-state index contributed by atoms with van der Waals surface area (Å²) in [4.78, 5) is 31.7. The Morgan fingerprint density at radius 2 is 1.74 bits per heavy atom. The number of amides is 1. The Balaban J connectivity index is 1.41. The van der Waals surface area contributed by atoms with Crippen LogP contribution >= 0.6 is 0 Å². The molecule has 1 amide bonds. The summed E-state index contributed by atoms with van der Waals surface area (Å²) in [5.41, 5.74) is 2.48. The lowest BCUT2D eigenvalue weighted by Gasteiger charge is -2.09. The number of fused-ring (bicyclic) bond motifs is 3. The molecular weight excluding hydrogens is 392 g/mol. The molecule has 152 valence electrons. The third-order valence-electron chi connectivity index (χ3n) is 4.93. The zero-order chi connectivity index (χ0) is 21.2. The van der Waals surface area contributed by atoms with Crippen LogP contribution in [-0.4, -0.2) is 26.1 Å². The number of nitrogens with one attached hydrogen (secondary N) is 4. The van der Waals surface area contributed by atoms with Gasteiger partial charge in [0, 0.05) is 39.8 Å². The molecule has 2 aromatic carbocycles. The number of aromatic nitrogens is 4. The van der Waals surface area contributed by atoms with Crippen molar-refractivity contribution in [2.75, 3.05) is 10.6 Å². The van der Waals surface area contributed by atoms with Crippen molar-refractivity contribution in [2.24, 2.45) is 0 Å². The first-order valence-corrected chi connectivity index (χ1v) is 9.73. The molecule has 0 aliphatic heterocycles. The molecular formula is C23H18N6O2. The van der Waals surface area contributed by atoms with Crippen molar-refractivity contribution in [3.63, 3.8) is 0 Å². The molecule has 5 rings (SSSR count). The molecule has 0 unspecified atom stereocenters. The number of anilines is 3. The summed E-state index contributed by atoms with van der Waals surface area (Å²) in [5.74, 6) is 0.421. The first kappa shape index (κ1) is 18.6. The van der Waals surface area contributed by atoms with Gasteiger partial charge in [0.1, 0.15) is 5.65 Å². The molecule has 3 heterocycles. The standard InChI is InChI=1S/C23H18N6O2/c30-20(25-14-6-2-1-3-7-14)13-15-12-19(29-28-15)26-18-10-11-24-22-21(18)16-8-4-5-9-17(16)23(31)27-22/h1-12H,13H2,(H,25,30)(H3,24,26,27,28,29,31). The van der Waals surface area contributed by atoms with E-state index in [1.165, 1.54) is 0 Å². The number of hydrogen-bond donors (Lipinski definition) is 4. The van der Waals surface area contributed by atoms with Gasteiger partial charge in [-0.2, -0.15) is 5.10 Å². The van der Waals surface area contributed by atoms with E-state index in [9.17, 15) is 9.59 Å². The van der Waals surface area contributed by atoms with E-state index >= 15 is 0 Å². The number of carbonyl (C=O) groups excluding carboxylic acids is 1. The summed E-state index contributed by atoms with van der Waals surface area (Å²) >= 11 is 0. The molecule has 0 aliphatic rings. The number of hydrogen-bond acceptors (Lipinski definition) is 5. The number of rotatable bonds is 5. The fraction of sp³-hybridized carbons (Fsp3) is 0.0435. The normalized spacial score (nSPS) is 11.0. The van der Waals surface area contributed by atoms with Crippen molar-refractivity contribution in [3.05, 3.63) is 89.0 Å². The molecule has 0 spiro atoms. The maximum atomic E-state index is 12.3. The highest BCUT2D eigenvalue weighted by Gasteiger charge is 2.12. The predicted octanol–water partition coefficient (Wildman–Crippen LogP) is 3.72. The SMILES string of the molecule is O=C(Cc1cc(Nc2ccnc3[nH]c(=O)c4ccccc4c23)n[nH]1)Nc1ccccc1. The molecule has 0 saturated carbocycles. The van der Waals surface area contributed by atoms with Gasteiger partial charge in [-0.25, -0.2) is 4.98 Å². The van der Waals surface area contributed by atoms with Crippen LogP contribution in [0.3, 0.4) is 0 Å². The van der Waals surface area contributed by atoms with Crippen LogP contribution in [-0.2, 0) is 11.2 Å². The van der Waals surface area contributed by atoms with Crippen LogP contribution in [0.4, 0.5) is 17.2 Å². The Hall–Kier alpha value is -4.46. The number of H-pyrrole nitrogens is 2. The Morgan fingerprint density at radius 1 is 0.968 bits per heavy atom. The molecule has 0 saturated heterocycles. The molecule has 0 atom stereocenters. The van der Waals surface area contributed by atoms with Gasteiger partial charge in [0.25, 0.3) is 5.56 Å². The molecule has 5 aromatic rings. The average molecular weight is 410 g/mol. The third kappa shape index (κ3) is 3.74. The van der Waals surface area contributed by atoms with Gasteiger partial charge in [-0.1, -0.05) is 36.4 Å². The second kappa shape index (κ2) is 7.75. The van der Waals surface area contributed by atoms with E-state index in [2.05, 4.69) is 30.8 Å². The minimum Gasteiger partial charge on any atom is -0.338 e. The fourth-order valence-corrected chi connectivity index (χ4v) is 3.56. The third-order valence-corrected chi connectivity index (χ3v) is 4.93. The van der Waals surface area contributed by atoms with Crippen molar-refractivity contribution < 1.29 is 4.79 Å². The van der Waals surface area contributed by atoms with Crippen molar-refractivity contribution in [1.29, 1.82) is 0 Å². The van der Waals surface area contributed by atoms with Crippen molar-refractivity contribution >= 4 is 44.9 Å². The van der Waals surface area contributed by atoms with Gasteiger partial charge in [0.15, 0.2) is 5.82 Å². The molecule has 8 heteroatoms. The number of carbonyl (C=O) groups is 1. The molecule has 0 bridgehead atoms. The minimum absolute atomic E-state index is 0.140. The summed E-state index contributed by atoms with van der Waals surface area (Å²) in [7, 11) is 0. The van der Waals surface area contributed by atoms with Crippen LogP contribution in [0.5, 0.6) is 0 Å². The summed E-state index contributed by atoms with van der Waals surface area (Å²) in [6.07, 6.45) is 1.78. The highest BCUT2D eigenvalue weighted by atomic mass is 16.1. The lowest BCUT2D eigenvalue weighted by molar-refractivity contribution is -0.115. The van der Waals surface area contributed by atoms with Gasteiger partial charge >= 0.3 is 0 Å². The Bertz CT molecular complexity index is 1460. The maximum absolute atomic E-state index is 12.3. The lowest BCUT2D eigenvalue weighted by atomic mass is 10.1. The Kier molecular flexibility index (Phi) is 4.64. The topological polar surface area (TPSA) is 116 Å². The number of para-hydroxylation sites is 1. The number of benzene rings is 2. The summed E-state index contributed by atoms with van der Waals surface area (Å²) in [6.45, 7) is 0. The largest absolute Gasteiger partial charge is 0.338 e. The van der Waals surface area contributed by atoms with Crippen LogP contribution < -0.4 is 16.2 Å². The molecule has 3 aromatic heterocycles. The van der Waals surface area contributed by atoms with Crippen LogP contribution in [0, 0.1) is 0 Å². The van der Waals surface area contributed by atoms with Crippen LogP contribution in [0.1, 0.15) is 5.69 Å². The molecule has 31 heavy (non-hydrogen) atoms. The van der Waals surface area contributed by atoms with Gasteiger partial charge in [-0.05, 0) is 24.3 Å². The zero-order valence-corrected chi connectivity index (χ0v) is 16.3. The predicted molar refractivity (Wildman–Crippen MR) is 121 cm³/mol.